The van der Waals surface area contributed by atoms with Crippen LogP contribution in [0.3, 0.4) is 0 Å². The number of pyridine rings is 1. The standard InChI is InChI=1S/C21H16N2O3/c1-14-11-12-19-17(22-14)13-20(26-19)21(24)23-16-9-5-6-10-18(16)25-15-7-3-2-4-8-15/h2-13H,1H3,(H,23,24). The molecule has 0 unspecified atom stereocenters. The number of para-hydroxylation sites is 3. The number of benzene rings is 2. The number of furan rings is 1. The number of rotatable bonds is 4. The van der Waals surface area contributed by atoms with Crippen LogP contribution in [0, 0.1) is 6.92 Å². The average Bonchev–Trinajstić information content (AvgIpc) is 3.07. The van der Waals surface area contributed by atoms with E-state index in [1.807, 2.05) is 55.5 Å². The van der Waals surface area contributed by atoms with Gasteiger partial charge in [-0.1, -0.05) is 30.3 Å². The number of carbonyl (C=O) groups excluding carboxylic acids is 1. The molecule has 4 aromatic rings. The van der Waals surface area contributed by atoms with Crippen LogP contribution >= 0.6 is 0 Å². The zero-order chi connectivity index (χ0) is 17.9. The van der Waals surface area contributed by atoms with Gasteiger partial charge in [-0.25, -0.2) is 4.98 Å². The van der Waals surface area contributed by atoms with Gasteiger partial charge in [-0.15, -0.1) is 0 Å². The predicted molar refractivity (Wildman–Crippen MR) is 99.7 cm³/mol. The number of aryl methyl sites for hydroxylation is 1. The van der Waals surface area contributed by atoms with Gasteiger partial charge in [-0.05, 0) is 43.3 Å². The van der Waals surface area contributed by atoms with E-state index < -0.39 is 0 Å². The molecule has 0 aliphatic heterocycles. The van der Waals surface area contributed by atoms with Crippen molar-refractivity contribution in [3.05, 3.63) is 84.3 Å². The van der Waals surface area contributed by atoms with Crippen molar-refractivity contribution in [1.29, 1.82) is 0 Å². The molecule has 5 heteroatoms. The summed E-state index contributed by atoms with van der Waals surface area (Å²) in [6.07, 6.45) is 0. The molecule has 0 aliphatic carbocycles. The maximum absolute atomic E-state index is 12.6. The van der Waals surface area contributed by atoms with Gasteiger partial charge in [0.25, 0.3) is 5.91 Å². The number of nitrogens with zero attached hydrogens (tertiary/aromatic N) is 1. The summed E-state index contributed by atoms with van der Waals surface area (Å²) in [6.45, 7) is 1.89. The zero-order valence-corrected chi connectivity index (χ0v) is 14.1. The Balaban J connectivity index is 1.59. The molecule has 4 rings (SSSR count). The van der Waals surface area contributed by atoms with Crippen LogP contribution in [0.4, 0.5) is 5.69 Å². The topological polar surface area (TPSA) is 64.4 Å². The van der Waals surface area contributed by atoms with E-state index in [0.29, 0.717) is 28.3 Å². The fraction of sp³-hybridized carbons (Fsp3) is 0.0476. The number of nitrogens with one attached hydrogen (secondary N) is 1. The molecule has 0 radical (unpaired) electrons. The molecular formula is C21H16N2O3. The highest BCUT2D eigenvalue weighted by Gasteiger charge is 2.15. The Morgan fingerprint density at radius 1 is 1.00 bits per heavy atom. The first-order valence-electron chi connectivity index (χ1n) is 8.19. The largest absolute Gasteiger partial charge is 0.455 e. The molecule has 2 aromatic heterocycles. The first-order valence-corrected chi connectivity index (χ1v) is 8.19. The van der Waals surface area contributed by atoms with E-state index in [1.54, 1.807) is 24.3 Å². The Kier molecular flexibility index (Phi) is 4.11. The summed E-state index contributed by atoms with van der Waals surface area (Å²) >= 11 is 0. The van der Waals surface area contributed by atoms with Crippen molar-refractivity contribution in [2.45, 2.75) is 6.92 Å². The number of carbonyl (C=O) groups is 1. The van der Waals surface area contributed by atoms with Crippen molar-refractivity contribution < 1.29 is 13.9 Å². The highest BCUT2D eigenvalue weighted by molar-refractivity contribution is 6.05. The Morgan fingerprint density at radius 2 is 1.77 bits per heavy atom. The number of fused-ring (bicyclic) bond motifs is 1. The minimum atomic E-state index is -0.357. The predicted octanol–water partition coefficient (Wildman–Crippen LogP) is 5.18. The van der Waals surface area contributed by atoms with Crippen LogP contribution in [0.15, 0.2) is 77.2 Å². The lowest BCUT2D eigenvalue weighted by Crippen LogP contribution is -2.11. The molecule has 0 saturated heterocycles. The number of amides is 1. The molecule has 2 aromatic carbocycles. The van der Waals surface area contributed by atoms with E-state index in [0.717, 1.165) is 5.69 Å². The smallest absolute Gasteiger partial charge is 0.291 e. The van der Waals surface area contributed by atoms with Crippen LogP contribution in [-0.4, -0.2) is 10.9 Å². The van der Waals surface area contributed by atoms with Crippen LogP contribution < -0.4 is 10.1 Å². The summed E-state index contributed by atoms with van der Waals surface area (Å²) in [4.78, 5) is 16.9. The second-order valence-corrected chi connectivity index (χ2v) is 5.81. The summed E-state index contributed by atoms with van der Waals surface area (Å²) in [6, 6.07) is 21.9. The van der Waals surface area contributed by atoms with E-state index in [1.165, 1.54) is 0 Å². The van der Waals surface area contributed by atoms with Gasteiger partial charge < -0.3 is 14.5 Å². The zero-order valence-electron chi connectivity index (χ0n) is 14.1. The van der Waals surface area contributed by atoms with Crippen LogP contribution in [0.1, 0.15) is 16.2 Å². The van der Waals surface area contributed by atoms with Gasteiger partial charge in [-0.3, -0.25) is 4.79 Å². The van der Waals surface area contributed by atoms with E-state index in [4.69, 9.17) is 9.15 Å². The molecule has 0 bridgehead atoms. The summed E-state index contributed by atoms with van der Waals surface area (Å²) in [5.74, 6) is 1.09. The maximum atomic E-state index is 12.6. The van der Waals surface area contributed by atoms with Crippen molar-refractivity contribution in [2.24, 2.45) is 0 Å². The van der Waals surface area contributed by atoms with Gasteiger partial charge in [0.2, 0.25) is 0 Å². The monoisotopic (exact) mass is 344 g/mol. The van der Waals surface area contributed by atoms with Gasteiger partial charge in [0.1, 0.15) is 11.3 Å². The molecule has 1 N–H and O–H groups in total. The van der Waals surface area contributed by atoms with E-state index in [-0.39, 0.29) is 11.7 Å². The van der Waals surface area contributed by atoms with Crippen molar-refractivity contribution in [3.63, 3.8) is 0 Å². The lowest BCUT2D eigenvalue weighted by atomic mass is 10.2. The summed E-state index contributed by atoms with van der Waals surface area (Å²) in [7, 11) is 0. The minimum absolute atomic E-state index is 0.201. The first kappa shape index (κ1) is 15.9. The molecule has 0 spiro atoms. The summed E-state index contributed by atoms with van der Waals surface area (Å²) in [5, 5.41) is 2.84. The van der Waals surface area contributed by atoms with E-state index >= 15 is 0 Å². The Morgan fingerprint density at radius 3 is 2.62 bits per heavy atom. The van der Waals surface area contributed by atoms with E-state index in [9.17, 15) is 4.79 Å². The van der Waals surface area contributed by atoms with Gasteiger partial charge in [0, 0.05) is 11.8 Å². The van der Waals surface area contributed by atoms with Gasteiger partial charge in [0.15, 0.2) is 17.1 Å². The molecule has 2 heterocycles. The quantitative estimate of drug-likeness (QED) is 0.554. The summed E-state index contributed by atoms with van der Waals surface area (Å²) < 4.78 is 11.5. The number of anilines is 1. The Bertz CT molecular complexity index is 1070. The second-order valence-electron chi connectivity index (χ2n) is 5.81. The molecular weight excluding hydrogens is 328 g/mol. The number of aromatic nitrogens is 1. The van der Waals surface area contributed by atoms with Crippen LogP contribution in [0.5, 0.6) is 11.5 Å². The van der Waals surface area contributed by atoms with Crippen LogP contribution in [-0.2, 0) is 0 Å². The van der Waals surface area contributed by atoms with E-state index in [2.05, 4.69) is 10.3 Å². The molecule has 0 fully saturated rings. The van der Waals surface area contributed by atoms with Crippen LogP contribution in [0.2, 0.25) is 0 Å². The van der Waals surface area contributed by atoms with Crippen molar-refractivity contribution in [1.82, 2.24) is 4.98 Å². The van der Waals surface area contributed by atoms with Gasteiger partial charge in [-0.2, -0.15) is 0 Å². The van der Waals surface area contributed by atoms with Crippen molar-refractivity contribution in [3.8, 4) is 11.5 Å². The lowest BCUT2D eigenvalue weighted by Gasteiger charge is -2.11. The molecule has 26 heavy (non-hydrogen) atoms. The Labute approximate surface area is 150 Å². The fourth-order valence-corrected chi connectivity index (χ4v) is 2.60. The van der Waals surface area contributed by atoms with Gasteiger partial charge in [0.05, 0.1) is 5.69 Å². The van der Waals surface area contributed by atoms with Crippen molar-refractivity contribution >= 4 is 22.7 Å². The molecule has 128 valence electrons. The highest BCUT2D eigenvalue weighted by Crippen LogP contribution is 2.30. The third-order valence-corrected chi connectivity index (χ3v) is 3.84. The lowest BCUT2D eigenvalue weighted by molar-refractivity contribution is 0.0998. The Hall–Kier alpha value is -3.60. The normalized spacial score (nSPS) is 10.7. The SMILES string of the molecule is Cc1ccc2oc(C(=O)Nc3ccccc3Oc3ccccc3)cc2n1. The fourth-order valence-electron chi connectivity index (χ4n) is 2.60. The average molecular weight is 344 g/mol. The van der Waals surface area contributed by atoms with Crippen molar-refractivity contribution in [2.75, 3.05) is 5.32 Å². The third-order valence-electron chi connectivity index (χ3n) is 3.84. The highest BCUT2D eigenvalue weighted by atomic mass is 16.5. The number of hydrogen-bond acceptors (Lipinski definition) is 4. The summed E-state index contributed by atoms with van der Waals surface area (Å²) in [5.41, 5.74) is 2.66. The maximum Gasteiger partial charge on any atom is 0.291 e. The molecule has 0 saturated carbocycles. The number of ether oxygens (including phenoxy) is 1. The first-order chi connectivity index (χ1) is 12.7. The molecule has 5 nitrogen and oxygen atoms in total. The van der Waals surface area contributed by atoms with Crippen LogP contribution in [0.25, 0.3) is 11.1 Å². The number of hydrogen-bond donors (Lipinski definition) is 1. The molecule has 0 atom stereocenters. The minimum Gasteiger partial charge on any atom is -0.455 e. The third kappa shape index (κ3) is 3.28. The van der Waals surface area contributed by atoms with Gasteiger partial charge >= 0.3 is 0 Å². The molecule has 0 aliphatic rings. The molecule has 1 amide bonds. The second kappa shape index (κ2) is 6.72.